The number of carbonyl (C=O) groups is 5. The van der Waals surface area contributed by atoms with Crippen molar-refractivity contribution in [2.75, 3.05) is 284 Å². The van der Waals surface area contributed by atoms with E-state index in [2.05, 4.69) is 31.3 Å². The number of nitrogens with zero attached hydrogens (tertiary/aromatic N) is 4. The Morgan fingerprint density at radius 1 is 0.315 bits per heavy atom. The first kappa shape index (κ1) is 87.5. The van der Waals surface area contributed by atoms with Crippen molar-refractivity contribution in [2.45, 2.75) is 72.0 Å². The lowest BCUT2D eigenvalue weighted by molar-refractivity contribution is -0.134. The molecule has 33 heteroatoms. The fraction of sp³-hybridized carbons (Fsp3) is 0.915. The number of amides is 5. The lowest BCUT2D eigenvalue weighted by Crippen LogP contribution is -2.38. The Balaban J connectivity index is 4.17. The number of alkyl carbamates (subject to hydrolysis) is 2. The van der Waals surface area contributed by atoms with Crippen molar-refractivity contribution in [1.82, 2.24) is 26.2 Å². The van der Waals surface area contributed by atoms with Crippen LogP contribution in [0.4, 0.5) is 9.59 Å². The van der Waals surface area contributed by atoms with Crippen LogP contribution in [0.3, 0.4) is 0 Å². The van der Waals surface area contributed by atoms with Crippen LogP contribution >= 0.6 is 0 Å². The zero-order valence-corrected chi connectivity index (χ0v) is 56.0. The van der Waals surface area contributed by atoms with E-state index in [-0.39, 0.29) is 83.0 Å². The van der Waals surface area contributed by atoms with E-state index in [1.807, 2.05) is 0 Å². The minimum absolute atomic E-state index is 0.0979. The molecule has 0 spiro atoms. The number of azide groups is 1. The standard InChI is InChI=1S/C59H114N8O25/c1-58(2,3)91-56(71)63-12-10-61-53(68)7-17-73-23-29-79-35-41-85-48-51-89-45-39-83-33-27-77-21-15-67(55(70)9-19-75-25-31-81-37-43-87-47-50-88-44-38-82-32-26-76-20-14-65-66-60)16-22-78-28-34-84-40-46-90-52-49-86-42-36-80-30-24-74-18-8-54(69)62-11-13-64-57(72)92-59(4,5)6/h7-52H2,1-6H3,(H,61,68)(H,62,69)(H,63,71)(H,64,72). The molecule has 0 rings (SSSR count). The van der Waals surface area contributed by atoms with Crippen molar-refractivity contribution in [3.05, 3.63) is 10.4 Å². The molecule has 0 fully saturated rings. The van der Waals surface area contributed by atoms with Crippen LogP contribution in [0.5, 0.6) is 0 Å². The molecule has 33 nitrogen and oxygen atoms in total. The third-order valence-corrected chi connectivity index (χ3v) is 11.0. The van der Waals surface area contributed by atoms with Gasteiger partial charge in [0.25, 0.3) is 0 Å². The lowest BCUT2D eigenvalue weighted by Gasteiger charge is -2.23. The maximum Gasteiger partial charge on any atom is 0.407 e. The Bertz CT molecular complexity index is 1680. The van der Waals surface area contributed by atoms with E-state index in [1.54, 1.807) is 46.4 Å². The quantitative estimate of drug-likeness (QED) is 0.0292. The SMILES string of the molecule is CC(C)(C)OC(=O)NCCNC(=O)CCOCCOCCOCCOCCOCCOCCN(CCOCCOCCOCCOCCOCCOCCC(=O)NCCNC(=O)OC(C)(C)C)C(=O)CCOCCOCCOCCOCCOCCOCCN=[N+]=[N-]. The molecule has 0 bridgehead atoms. The van der Waals surface area contributed by atoms with Gasteiger partial charge in [0.05, 0.1) is 244 Å². The summed E-state index contributed by atoms with van der Waals surface area (Å²) in [6, 6.07) is 0. The van der Waals surface area contributed by atoms with Gasteiger partial charge < -0.3 is 121 Å². The summed E-state index contributed by atoms with van der Waals surface area (Å²) in [6.45, 7) is 26.0. The molecule has 0 saturated heterocycles. The Labute approximate surface area is 544 Å². The highest BCUT2D eigenvalue weighted by Gasteiger charge is 2.17. The van der Waals surface area contributed by atoms with Gasteiger partial charge in [-0.15, -0.1) is 0 Å². The van der Waals surface area contributed by atoms with Crippen LogP contribution in [0.25, 0.3) is 10.4 Å². The zero-order valence-electron chi connectivity index (χ0n) is 56.0. The normalized spacial score (nSPS) is 11.5. The van der Waals surface area contributed by atoms with E-state index in [9.17, 15) is 24.0 Å². The molecule has 0 saturated carbocycles. The fourth-order valence-electron chi connectivity index (χ4n) is 6.65. The van der Waals surface area contributed by atoms with Crippen LogP contribution in [-0.2, 0) is 109 Å². The van der Waals surface area contributed by atoms with Gasteiger partial charge in [0.2, 0.25) is 17.7 Å². The topological polar surface area (TPSA) is 370 Å². The second kappa shape index (κ2) is 66.6. The van der Waals surface area contributed by atoms with Gasteiger partial charge in [-0.1, -0.05) is 5.11 Å². The minimum atomic E-state index is -0.584. The summed E-state index contributed by atoms with van der Waals surface area (Å²) in [5.41, 5.74) is 7.07. The number of carbonyl (C=O) groups excluding carboxylic acids is 5. The first-order valence-electron chi connectivity index (χ1n) is 31.8. The van der Waals surface area contributed by atoms with E-state index >= 15 is 0 Å². The van der Waals surface area contributed by atoms with Gasteiger partial charge in [-0.25, -0.2) is 9.59 Å². The molecule has 0 aliphatic carbocycles. The molecule has 0 radical (unpaired) electrons. The van der Waals surface area contributed by atoms with Crippen LogP contribution in [-0.4, -0.2) is 330 Å². The molecule has 4 N–H and O–H groups in total. The number of hydrogen-bond donors (Lipinski definition) is 4. The van der Waals surface area contributed by atoms with E-state index in [0.717, 1.165) is 0 Å². The van der Waals surface area contributed by atoms with E-state index < -0.39 is 23.4 Å². The first-order valence-corrected chi connectivity index (χ1v) is 31.8. The summed E-state index contributed by atoms with van der Waals surface area (Å²) in [5.74, 6) is -0.457. The van der Waals surface area contributed by atoms with Gasteiger partial charge in [-0.2, -0.15) is 0 Å². The van der Waals surface area contributed by atoms with Gasteiger partial charge in [0.15, 0.2) is 0 Å². The summed E-state index contributed by atoms with van der Waals surface area (Å²) < 4.78 is 110. The highest BCUT2D eigenvalue weighted by atomic mass is 16.6. The summed E-state index contributed by atoms with van der Waals surface area (Å²) in [7, 11) is 0. The Morgan fingerprint density at radius 3 is 0.783 bits per heavy atom. The van der Waals surface area contributed by atoms with Crippen LogP contribution in [0.15, 0.2) is 5.11 Å². The Kier molecular flexibility index (Phi) is 63.3. The van der Waals surface area contributed by atoms with E-state index in [4.69, 9.17) is 100 Å². The van der Waals surface area contributed by atoms with Crippen LogP contribution < -0.4 is 21.3 Å². The monoisotopic (exact) mass is 1330 g/mol. The third kappa shape index (κ3) is 71.4. The molecule has 0 aliphatic heterocycles. The predicted molar refractivity (Wildman–Crippen MR) is 334 cm³/mol. The second-order valence-electron chi connectivity index (χ2n) is 21.2. The second-order valence-corrected chi connectivity index (χ2v) is 21.2. The highest BCUT2D eigenvalue weighted by Crippen LogP contribution is 2.07. The number of rotatable bonds is 69. The molecule has 92 heavy (non-hydrogen) atoms. The molecule has 540 valence electrons. The molecule has 0 aromatic rings. The number of hydrogen-bond acceptors (Lipinski definition) is 26. The smallest absolute Gasteiger partial charge is 0.407 e. The molecule has 0 atom stereocenters. The van der Waals surface area contributed by atoms with E-state index in [0.29, 0.717) is 238 Å². The molecule has 0 aliphatic rings. The molecule has 0 aromatic carbocycles. The Hall–Kier alpha value is -4.46. The number of nitrogens with one attached hydrogen (secondary N) is 4. The summed E-state index contributed by atoms with van der Waals surface area (Å²) in [6.07, 6.45) is -0.500. The molecule has 0 unspecified atom stereocenters. The summed E-state index contributed by atoms with van der Waals surface area (Å²) in [4.78, 5) is 64.7. The average molecular weight is 1340 g/mol. The highest BCUT2D eigenvalue weighted by molar-refractivity contribution is 5.77. The van der Waals surface area contributed by atoms with Crippen molar-refractivity contribution >= 4 is 29.9 Å². The molecule has 5 amide bonds. The van der Waals surface area contributed by atoms with Crippen molar-refractivity contribution < 1.29 is 119 Å². The maximum absolute atomic E-state index is 13.2. The van der Waals surface area contributed by atoms with Crippen molar-refractivity contribution in [1.29, 1.82) is 0 Å². The molecule has 0 aromatic heterocycles. The lowest BCUT2D eigenvalue weighted by atomic mass is 10.2. The largest absolute Gasteiger partial charge is 0.444 e. The minimum Gasteiger partial charge on any atom is -0.444 e. The Morgan fingerprint density at radius 2 is 0.533 bits per heavy atom. The van der Waals surface area contributed by atoms with E-state index in [1.165, 1.54) is 0 Å². The fourth-order valence-corrected chi connectivity index (χ4v) is 6.65. The van der Waals surface area contributed by atoms with Gasteiger partial charge in [-0.3, -0.25) is 14.4 Å². The number of ether oxygens (including phenoxy) is 20. The maximum atomic E-state index is 13.2. The first-order chi connectivity index (χ1) is 44.6. The summed E-state index contributed by atoms with van der Waals surface area (Å²) >= 11 is 0. The zero-order chi connectivity index (χ0) is 67.4. The predicted octanol–water partition coefficient (Wildman–Crippen LogP) is 1.88. The van der Waals surface area contributed by atoms with Gasteiger partial charge in [-0.05, 0) is 47.1 Å². The molecule has 0 heterocycles. The third-order valence-electron chi connectivity index (χ3n) is 11.0. The van der Waals surface area contributed by atoms with Crippen molar-refractivity contribution in [3.8, 4) is 0 Å². The molecular weight excluding hydrogens is 1220 g/mol. The van der Waals surface area contributed by atoms with Crippen LogP contribution in [0.1, 0.15) is 60.8 Å². The van der Waals surface area contributed by atoms with Crippen molar-refractivity contribution in [3.63, 3.8) is 0 Å². The van der Waals surface area contributed by atoms with Gasteiger partial charge in [0, 0.05) is 63.6 Å². The van der Waals surface area contributed by atoms with Gasteiger partial charge >= 0.3 is 12.2 Å². The van der Waals surface area contributed by atoms with Crippen LogP contribution in [0.2, 0.25) is 0 Å². The van der Waals surface area contributed by atoms with Gasteiger partial charge in [0.1, 0.15) is 11.2 Å². The van der Waals surface area contributed by atoms with Crippen molar-refractivity contribution in [2.24, 2.45) is 5.11 Å². The molecular formula is C59H114N8O25. The van der Waals surface area contributed by atoms with Crippen LogP contribution in [0, 0.1) is 0 Å². The average Bonchev–Trinajstić information content (AvgIpc) is 3.63. The summed E-state index contributed by atoms with van der Waals surface area (Å²) in [5, 5.41) is 14.0.